The molecule has 31 heavy (non-hydrogen) atoms. The van der Waals surface area contributed by atoms with E-state index in [0.29, 0.717) is 0 Å². The first kappa shape index (κ1) is 21.9. The largest absolute Gasteiger partial charge is 0.448 e. The summed E-state index contributed by atoms with van der Waals surface area (Å²) >= 11 is 6.14. The molecular weight excluding hydrogens is 420 g/mol. The first-order valence-corrected chi connectivity index (χ1v) is 9.70. The van der Waals surface area contributed by atoms with Crippen LogP contribution in [0.1, 0.15) is 30.0 Å². The fourth-order valence-corrected chi connectivity index (χ4v) is 3.30. The van der Waals surface area contributed by atoms with Gasteiger partial charge in [-0.2, -0.15) is 5.26 Å². The van der Waals surface area contributed by atoms with Crippen molar-refractivity contribution in [2.24, 2.45) is 0 Å². The van der Waals surface area contributed by atoms with Crippen molar-refractivity contribution in [1.82, 2.24) is 4.90 Å². The molecule has 0 unspecified atom stereocenters. The van der Waals surface area contributed by atoms with E-state index in [1.54, 1.807) is 30.3 Å². The van der Waals surface area contributed by atoms with Gasteiger partial charge in [-0.25, -0.2) is 4.79 Å². The number of Topliss-reactive ketones (excluding diaryl/α,β-unsaturated/α-hetero) is 1. The van der Waals surface area contributed by atoms with E-state index < -0.39 is 29.7 Å². The summed E-state index contributed by atoms with van der Waals surface area (Å²) in [5, 5.41) is 9.16. The van der Waals surface area contributed by atoms with Crippen molar-refractivity contribution in [1.29, 1.82) is 5.26 Å². The minimum atomic E-state index is -1.31. The summed E-state index contributed by atoms with van der Waals surface area (Å²) in [5.74, 6) is -2.76. The highest BCUT2D eigenvalue weighted by molar-refractivity contribution is 6.33. The number of hydrogen-bond donors (Lipinski definition) is 0. The van der Waals surface area contributed by atoms with Gasteiger partial charge in [-0.3, -0.25) is 19.3 Å². The van der Waals surface area contributed by atoms with Gasteiger partial charge in [0.05, 0.1) is 23.6 Å². The smallest absolute Gasteiger partial charge is 0.342 e. The molecule has 1 fully saturated rings. The molecule has 0 spiro atoms. The van der Waals surface area contributed by atoms with E-state index in [2.05, 4.69) is 0 Å². The zero-order chi connectivity index (χ0) is 22.5. The zero-order valence-electron chi connectivity index (χ0n) is 16.5. The van der Waals surface area contributed by atoms with Gasteiger partial charge < -0.3 is 4.74 Å². The van der Waals surface area contributed by atoms with Gasteiger partial charge in [0.15, 0.2) is 11.9 Å². The molecule has 1 aliphatic heterocycles. The summed E-state index contributed by atoms with van der Waals surface area (Å²) < 4.78 is 5.21. The number of benzene rings is 2. The number of carbonyl (C=O) groups is 4. The number of halogens is 1. The average molecular weight is 437 g/mol. The molecule has 2 aromatic rings. The van der Waals surface area contributed by atoms with Crippen molar-refractivity contribution in [3.8, 4) is 6.07 Å². The van der Waals surface area contributed by atoms with Crippen LogP contribution in [0.5, 0.6) is 0 Å². The van der Waals surface area contributed by atoms with Gasteiger partial charge in [-0.05, 0) is 30.2 Å². The van der Waals surface area contributed by atoms with Crippen LogP contribution in [0.15, 0.2) is 54.1 Å². The maximum Gasteiger partial charge on any atom is 0.342 e. The Kier molecular flexibility index (Phi) is 6.63. The molecule has 0 bridgehead atoms. The zero-order valence-corrected chi connectivity index (χ0v) is 17.3. The Morgan fingerprint density at radius 2 is 1.90 bits per heavy atom. The van der Waals surface area contributed by atoms with Crippen LogP contribution in [0.2, 0.25) is 5.02 Å². The number of carbonyl (C=O) groups excluding carboxylic acids is 4. The van der Waals surface area contributed by atoms with E-state index in [-0.39, 0.29) is 34.7 Å². The summed E-state index contributed by atoms with van der Waals surface area (Å²) in [7, 11) is 0. The monoisotopic (exact) mass is 436 g/mol. The van der Waals surface area contributed by atoms with Crippen molar-refractivity contribution in [2.75, 3.05) is 0 Å². The van der Waals surface area contributed by atoms with Crippen LogP contribution in [0.3, 0.4) is 0 Å². The first-order chi connectivity index (χ1) is 14.8. The van der Waals surface area contributed by atoms with Gasteiger partial charge in [0, 0.05) is 0 Å². The predicted octanol–water partition coefficient (Wildman–Crippen LogP) is 3.05. The number of esters is 1. The molecule has 1 saturated heterocycles. The van der Waals surface area contributed by atoms with Crippen molar-refractivity contribution in [3.05, 3.63) is 75.8 Å². The maximum absolute atomic E-state index is 12.6. The van der Waals surface area contributed by atoms with Crippen molar-refractivity contribution in [2.45, 2.75) is 26.0 Å². The lowest BCUT2D eigenvalue weighted by atomic mass is 10.1. The third-order valence-electron chi connectivity index (χ3n) is 4.68. The first-order valence-electron chi connectivity index (χ1n) is 9.32. The molecule has 0 saturated carbocycles. The van der Waals surface area contributed by atoms with Crippen molar-refractivity contribution < 1.29 is 23.9 Å². The van der Waals surface area contributed by atoms with E-state index in [4.69, 9.17) is 21.6 Å². The van der Waals surface area contributed by atoms with E-state index >= 15 is 0 Å². The molecule has 0 N–H and O–H groups in total. The van der Waals surface area contributed by atoms with Crippen LogP contribution in [-0.2, 0) is 30.5 Å². The third-order valence-corrected chi connectivity index (χ3v) is 5.11. The van der Waals surface area contributed by atoms with Crippen LogP contribution in [0, 0.1) is 11.3 Å². The number of amides is 2. The maximum atomic E-state index is 12.6. The fraction of sp³-hybridized carbons (Fsp3) is 0.174. The number of likely N-dealkylation sites (tertiary alicyclic amines) is 1. The molecule has 0 radical (unpaired) electrons. The highest BCUT2D eigenvalue weighted by Crippen LogP contribution is 2.25. The second-order valence-corrected chi connectivity index (χ2v) is 7.21. The Morgan fingerprint density at radius 1 is 1.19 bits per heavy atom. The van der Waals surface area contributed by atoms with Gasteiger partial charge in [-0.1, -0.05) is 54.1 Å². The second kappa shape index (κ2) is 9.37. The molecule has 3 rings (SSSR count). The van der Waals surface area contributed by atoms with Crippen LogP contribution >= 0.6 is 11.6 Å². The standard InChI is InChI=1S/C23H17ClN2O5/c1-14(27)18(10-16-8-5-9-17(12-25)21(16)24)23(30)31-19-11-20(28)26(22(19)29)13-15-6-3-2-4-7-15/h2-10,19H,11,13H2,1H3/b18-10+/t19-/m0/s1. The lowest BCUT2D eigenvalue weighted by molar-refractivity contribution is -0.154. The van der Waals surface area contributed by atoms with E-state index in [1.165, 1.54) is 25.1 Å². The molecule has 7 nitrogen and oxygen atoms in total. The molecule has 2 aromatic carbocycles. The number of ketones is 1. The van der Waals surface area contributed by atoms with Gasteiger partial charge in [-0.15, -0.1) is 0 Å². The summed E-state index contributed by atoms with van der Waals surface area (Å²) in [6.45, 7) is 1.23. The number of ether oxygens (including phenoxy) is 1. The number of nitriles is 1. The number of nitrogens with zero attached hydrogens (tertiary/aromatic N) is 2. The Bertz CT molecular complexity index is 1130. The normalized spacial score (nSPS) is 16.2. The number of hydrogen-bond acceptors (Lipinski definition) is 6. The number of imide groups is 1. The van der Waals surface area contributed by atoms with Crippen LogP contribution < -0.4 is 0 Å². The minimum Gasteiger partial charge on any atom is -0.448 e. The van der Waals surface area contributed by atoms with Gasteiger partial charge in [0.2, 0.25) is 5.91 Å². The Hall–Kier alpha value is -3.76. The SMILES string of the molecule is CC(=O)/C(=C\c1cccc(C#N)c1Cl)C(=O)O[C@H]1CC(=O)N(Cc2ccccc2)C1=O. The van der Waals surface area contributed by atoms with Gasteiger partial charge in [0.25, 0.3) is 5.91 Å². The Labute approximate surface area is 183 Å². The van der Waals surface area contributed by atoms with E-state index in [0.717, 1.165) is 10.5 Å². The third kappa shape index (κ3) is 4.87. The molecule has 2 amide bonds. The average Bonchev–Trinajstić information content (AvgIpc) is 3.00. The topological polar surface area (TPSA) is 105 Å². The lowest BCUT2D eigenvalue weighted by Gasteiger charge is -2.15. The van der Waals surface area contributed by atoms with Gasteiger partial charge in [0.1, 0.15) is 11.6 Å². The predicted molar refractivity (Wildman–Crippen MR) is 111 cm³/mol. The highest BCUT2D eigenvalue weighted by Gasteiger charge is 2.41. The molecule has 1 atom stereocenters. The summed E-state index contributed by atoms with van der Waals surface area (Å²) in [6, 6.07) is 15.4. The van der Waals surface area contributed by atoms with Crippen molar-refractivity contribution >= 4 is 41.2 Å². The molecule has 8 heteroatoms. The molecule has 1 heterocycles. The van der Waals surface area contributed by atoms with E-state index in [1.807, 2.05) is 12.1 Å². The minimum absolute atomic E-state index is 0.0680. The molecule has 0 aliphatic carbocycles. The van der Waals surface area contributed by atoms with Crippen molar-refractivity contribution in [3.63, 3.8) is 0 Å². The summed E-state index contributed by atoms with van der Waals surface area (Å²) in [5.41, 5.74) is 0.869. The Morgan fingerprint density at radius 3 is 2.55 bits per heavy atom. The fourth-order valence-electron chi connectivity index (χ4n) is 3.08. The van der Waals surface area contributed by atoms with Gasteiger partial charge >= 0.3 is 5.97 Å². The van der Waals surface area contributed by atoms with Crippen LogP contribution in [0.4, 0.5) is 0 Å². The quantitative estimate of drug-likeness (QED) is 0.226. The molecular formula is C23H17ClN2O5. The van der Waals surface area contributed by atoms with E-state index in [9.17, 15) is 19.2 Å². The van der Waals surface area contributed by atoms with Crippen LogP contribution in [0.25, 0.3) is 6.08 Å². The van der Waals surface area contributed by atoms with Crippen LogP contribution in [-0.4, -0.2) is 34.6 Å². The highest BCUT2D eigenvalue weighted by atomic mass is 35.5. The lowest BCUT2D eigenvalue weighted by Crippen LogP contribution is -2.33. The summed E-state index contributed by atoms with van der Waals surface area (Å²) in [6.07, 6.45) is -0.406. The molecule has 0 aromatic heterocycles. The summed E-state index contributed by atoms with van der Waals surface area (Å²) in [4.78, 5) is 50.6. The molecule has 1 aliphatic rings. The molecule has 156 valence electrons. The Balaban J connectivity index is 1.79. The number of rotatable bonds is 6. The second-order valence-electron chi connectivity index (χ2n) is 6.84.